The van der Waals surface area contributed by atoms with Gasteiger partial charge in [0.05, 0.1) is 11.9 Å². The van der Waals surface area contributed by atoms with E-state index >= 15 is 0 Å². The maximum Gasteiger partial charge on any atom is 0.145 e. The Kier molecular flexibility index (Phi) is 3.31. The van der Waals surface area contributed by atoms with Gasteiger partial charge in [-0.25, -0.2) is 14.6 Å². The zero-order chi connectivity index (χ0) is 14.2. The lowest BCUT2D eigenvalue weighted by molar-refractivity contribution is 0.539. The second kappa shape index (κ2) is 5.31. The molecular formula is C14H15N5S2. The molecule has 4 rings (SSSR count). The summed E-state index contributed by atoms with van der Waals surface area (Å²) in [6, 6.07) is 0.127. The lowest BCUT2D eigenvalue weighted by Gasteiger charge is -2.07. The molecule has 1 atom stereocenters. The summed E-state index contributed by atoms with van der Waals surface area (Å²) in [6.45, 7) is 2.13. The van der Waals surface area contributed by atoms with Crippen LogP contribution in [0.3, 0.4) is 0 Å². The molecule has 5 nitrogen and oxygen atoms in total. The van der Waals surface area contributed by atoms with Crippen molar-refractivity contribution in [3.8, 4) is 10.7 Å². The van der Waals surface area contributed by atoms with Crippen LogP contribution in [0.1, 0.15) is 41.4 Å². The van der Waals surface area contributed by atoms with Gasteiger partial charge >= 0.3 is 0 Å². The quantitative estimate of drug-likeness (QED) is 0.743. The first-order valence-electron chi connectivity index (χ1n) is 7.11. The number of aryl methyl sites for hydroxylation is 2. The molecule has 108 valence electrons. The standard InChI is InChI=1S/C14H15N5S2/c1-9(13-16-10-4-2-3-5-12(10)21-13)19-8-11(17-18-19)14-15-6-7-20-14/h6-9H,2-5H2,1H3/t9-/m1/s1. The predicted molar refractivity (Wildman–Crippen MR) is 83.7 cm³/mol. The van der Waals surface area contributed by atoms with Crippen molar-refractivity contribution in [2.45, 2.75) is 38.6 Å². The fraction of sp³-hybridized carbons (Fsp3) is 0.429. The Morgan fingerprint density at radius 2 is 2.19 bits per heavy atom. The van der Waals surface area contributed by atoms with Crippen molar-refractivity contribution in [3.63, 3.8) is 0 Å². The Bertz CT molecular complexity index is 720. The van der Waals surface area contributed by atoms with Crippen LogP contribution in [0.2, 0.25) is 0 Å². The van der Waals surface area contributed by atoms with E-state index in [-0.39, 0.29) is 6.04 Å². The van der Waals surface area contributed by atoms with Crippen LogP contribution in [0, 0.1) is 0 Å². The fourth-order valence-electron chi connectivity index (χ4n) is 2.58. The lowest BCUT2D eigenvalue weighted by Crippen LogP contribution is -2.07. The molecule has 0 fully saturated rings. The minimum absolute atomic E-state index is 0.127. The number of nitrogens with zero attached hydrogens (tertiary/aromatic N) is 5. The molecule has 0 radical (unpaired) electrons. The van der Waals surface area contributed by atoms with Crippen molar-refractivity contribution in [3.05, 3.63) is 33.4 Å². The molecular weight excluding hydrogens is 302 g/mol. The molecule has 0 N–H and O–H groups in total. The van der Waals surface area contributed by atoms with Crippen molar-refractivity contribution in [2.24, 2.45) is 0 Å². The Morgan fingerprint density at radius 3 is 3.00 bits per heavy atom. The summed E-state index contributed by atoms with van der Waals surface area (Å²) in [5, 5.41) is 12.5. The van der Waals surface area contributed by atoms with Crippen LogP contribution in [-0.4, -0.2) is 25.0 Å². The van der Waals surface area contributed by atoms with Gasteiger partial charge in [0.15, 0.2) is 0 Å². The molecule has 3 aromatic heterocycles. The molecule has 0 aromatic carbocycles. The van der Waals surface area contributed by atoms with E-state index < -0.39 is 0 Å². The van der Waals surface area contributed by atoms with Crippen molar-refractivity contribution in [1.29, 1.82) is 0 Å². The SMILES string of the molecule is C[C@H](c1nc2c(s1)CCCC2)n1cc(-c2nccs2)nn1. The molecule has 1 aliphatic carbocycles. The normalized spacial score (nSPS) is 15.9. The van der Waals surface area contributed by atoms with Crippen molar-refractivity contribution in [1.82, 2.24) is 25.0 Å². The van der Waals surface area contributed by atoms with E-state index in [9.17, 15) is 0 Å². The molecule has 0 bridgehead atoms. The number of hydrogen-bond acceptors (Lipinski definition) is 6. The summed E-state index contributed by atoms with van der Waals surface area (Å²) >= 11 is 3.41. The second-order valence-electron chi connectivity index (χ2n) is 5.23. The average molecular weight is 317 g/mol. The Balaban J connectivity index is 1.62. The molecule has 21 heavy (non-hydrogen) atoms. The number of thiazole rings is 2. The van der Waals surface area contributed by atoms with Crippen molar-refractivity contribution >= 4 is 22.7 Å². The van der Waals surface area contributed by atoms with Gasteiger partial charge in [0.1, 0.15) is 21.8 Å². The van der Waals surface area contributed by atoms with Gasteiger partial charge in [-0.05, 0) is 32.6 Å². The predicted octanol–water partition coefficient (Wildman–Crippen LogP) is 3.35. The largest absolute Gasteiger partial charge is 0.244 e. The van der Waals surface area contributed by atoms with Gasteiger partial charge in [0.2, 0.25) is 0 Å². The van der Waals surface area contributed by atoms with Crippen LogP contribution in [-0.2, 0) is 12.8 Å². The molecule has 0 amide bonds. The number of fused-ring (bicyclic) bond motifs is 1. The molecule has 0 spiro atoms. The zero-order valence-electron chi connectivity index (χ0n) is 11.7. The number of hydrogen-bond donors (Lipinski definition) is 0. The molecule has 0 aliphatic heterocycles. The van der Waals surface area contributed by atoms with E-state index in [1.54, 1.807) is 17.5 Å². The van der Waals surface area contributed by atoms with Gasteiger partial charge in [-0.1, -0.05) is 5.21 Å². The van der Waals surface area contributed by atoms with E-state index in [0.717, 1.165) is 22.1 Å². The van der Waals surface area contributed by atoms with Gasteiger partial charge < -0.3 is 0 Å². The third kappa shape index (κ3) is 2.40. The van der Waals surface area contributed by atoms with Crippen molar-refractivity contribution < 1.29 is 0 Å². The second-order valence-corrected chi connectivity index (χ2v) is 7.24. The minimum Gasteiger partial charge on any atom is -0.244 e. The fourth-order valence-corrected chi connectivity index (χ4v) is 4.36. The Labute approximate surface area is 130 Å². The first-order valence-corrected chi connectivity index (χ1v) is 8.81. The van der Waals surface area contributed by atoms with Crippen LogP contribution in [0.4, 0.5) is 0 Å². The first kappa shape index (κ1) is 13.1. The van der Waals surface area contributed by atoms with E-state index in [1.807, 2.05) is 27.6 Å². The third-order valence-corrected chi connectivity index (χ3v) is 5.90. The number of aromatic nitrogens is 5. The number of rotatable bonds is 3. The lowest BCUT2D eigenvalue weighted by atomic mass is 10.0. The van der Waals surface area contributed by atoms with E-state index in [4.69, 9.17) is 4.98 Å². The van der Waals surface area contributed by atoms with Crippen LogP contribution in [0.25, 0.3) is 10.7 Å². The van der Waals surface area contributed by atoms with Gasteiger partial charge in [-0.15, -0.1) is 27.8 Å². The van der Waals surface area contributed by atoms with E-state index in [1.165, 1.54) is 29.8 Å². The highest BCUT2D eigenvalue weighted by atomic mass is 32.1. The summed E-state index contributed by atoms with van der Waals surface area (Å²) in [5.41, 5.74) is 2.13. The average Bonchev–Trinajstić information content (AvgIpc) is 3.24. The third-order valence-electron chi connectivity index (χ3n) is 3.78. The summed E-state index contributed by atoms with van der Waals surface area (Å²) < 4.78 is 1.89. The van der Waals surface area contributed by atoms with E-state index in [0.29, 0.717) is 0 Å². The smallest absolute Gasteiger partial charge is 0.145 e. The molecule has 0 saturated carbocycles. The van der Waals surface area contributed by atoms with Gasteiger partial charge in [0.25, 0.3) is 0 Å². The molecule has 7 heteroatoms. The Morgan fingerprint density at radius 1 is 1.29 bits per heavy atom. The highest BCUT2D eigenvalue weighted by Crippen LogP contribution is 2.31. The molecule has 3 aromatic rings. The summed E-state index contributed by atoms with van der Waals surface area (Å²) in [7, 11) is 0. The highest BCUT2D eigenvalue weighted by molar-refractivity contribution is 7.13. The van der Waals surface area contributed by atoms with Gasteiger partial charge in [-0.2, -0.15) is 0 Å². The van der Waals surface area contributed by atoms with Crippen LogP contribution in [0.15, 0.2) is 17.8 Å². The van der Waals surface area contributed by atoms with Crippen molar-refractivity contribution in [2.75, 3.05) is 0 Å². The maximum atomic E-state index is 4.82. The molecule has 0 saturated heterocycles. The van der Waals surface area contributed by atoms with E-state index in [2.05, 4.69) is 22.2 Å². The first-order chi connectivity index (χ1) is 10.3. The summed E-state index contributed by atoms with van der Waals surface area (Å²) in [6.07, 6.45) is 8.62. The maximum absolute atomic E-state index is 4.82. The molecule has 3 heterocycles. The summed E-state index contributed by atoms with van der Waals surface area (Å²) in [5.74, 6) is 0. The van der Waals surface area contributed by atoms with Gasteiger partial charge in [0, 0.05) is 16.5 Å². The highest BCUT2D eigenvalue weighted by Gasteiger charge is 2.20. The summed E-state index contributed by atoms with van der Waals surface area (Å²) in [4.78, 5) is 10.6. The topological polar surface area (TPSA) is 56.5 Å². The van der Waals surface area contributed by atoms with Crippen LogP contribution in [0.5, 0.6) is 0 Å². The van der Waals surface area contributed by atoms with Gasteiger partial charge in [-0.3, -0.25) is 0 Å². The van der Waals surface area contributed by atoms with Crippen LogP contribution < -0.4 is 0 Å². The monoisotopic (exact) mass is 317 g/mol. The molecule has 0 unspecified atom stereocenters. The Hall–Kier alpha value is -1.60. The van der Waals surface area contributed by atoms with Crippen LogP contribution >= 0.6 is 22.7 Å². The zero-order valence-corrected chi connectivity index (χ0v) is 13.3. The minimum atomic E-state index is 0.127. The molecule has 1 aliphatic rings.